The largest absolute Gasteiger partial charge is 0.451 e. The van der Waals surface area contributed by atoms with Crippen LogP contribution >= 0.6 is 0 Å². The van der Waals surface area contributed by atoms with Crippen LogP contribution in [0.2, 0.25) is 0 Å². The second-order valence-electron chi connectivity index (χ2n) is 7.34. The molecule has 28 heavy (non-hydrogen) atoms. The molecule has 1 aliphatic carbocycles. The van der Waals surface area contributed by atoms with Crippen molar-refractivity contribution in [3.8, 4) is 11.5 Å². The zero-order valence-electron chi connectivity index (χ0n) is 15.9. The Morgan fingerprint density at radius 1 is 1.14 bits per heavy atom. The first-order chi connectivity index (χ1) is 13.5. The Balaban J connectivity index is 1.34. The lowest BCUT2D eigenvalue weighted by molar-refractivity contribution is -0.176. The molecular weight excluding hydrogens is 366 g/mol. The third-order valence-corrected chi connectivity index (χ3v) is 5.16. The van der Waals surface area contributed by atoms with Crippen molar-refractivity contribution in [3.05, 3.63) is 18.2 Å². The highest BCUT2D eigenvalue weighted by molar-refractivity contribution is 5.95. The average Bonchev–Trinajstić information content (AvgIpc) is 3.05. The van der Waals surface area contributed by atoms with Crippen molar-refractivity contribution in [2.24, 2.45) is 0 Å². The van der Waals surface area contributed by atoms with Gasteiger partial charge in [-0.3, -0.25) is 4.79 Å². The van der Waals surface area contributed by atoms with Gasteiger partial charge in [0, 0.05) is 24.6 Å². The normalized spacial score (nSPS) is 23.8. The van der Waals surface area contributed by atoms with Crippen LogP contribution in [0.3, 0.4) is 0 Å². The topological polar surface area (TPSA) is 92.3 Å². The van der Waals surface area contributed by atoms with Crippen LogP contribution in [-0.2, 0) is 23.8 Å². The van der Waals surface area contributed by atoms with Crippen molar-refractivity contribution >= 4 is 17.6 Å². The van der Waals surface area contributed by atoms with Crippen LogP contribution in [0.4, 0.5) is 5.69 Å². The Labute approximate surface area is 163 Å². The van der Waals surface area contributed by atoms with Crippen molar-refractivity contribution in [2.45, 2.75) is 57.0 Å². The maximum absolute atomic E-state index is 12.4. The number of carbonyl (C=O) groups excluding carboxylic acids is 2. The summed E-state index contributed by atoms with van der Waals surface area (Å²) in [6.07, 6.45) is 3.33. The summed E-state index contributed by atoms with van der Waals surface area (Å²) in [5, 5.41) is 2.75. The smallest absolute Gasteiger partial charge is 0.338 e. The molecule has 1 spiro atoms. The zero-order valence-corrected chi connectivity index (χ0v) is 15.9. The second-order valence-corrected chi connectivity index (χ2v) is 7.34. The van der Waals surface area contributed by atoms with Crippen LogP contribution in [0.15, 0.2) is 18.2 Å². The summed E-state index contributed by atoms with van der Waals surface area (Å²) >= 11 is 0. The number of hydrogen-bond donors (Lipinski definition) is 1. The van der Waals surface area contributed by atoms with Crippen LogP contribution in [-0.4, -0.2) is 49.7 Å². The number of fused-ring (bicyclic) bond motifs is 1. The van der Waals surface area contributed by atoms with E-state index in [1.165, 1.54) is 13.3 Å². The van der Waals surface area contributed by atoms with Crippen LogP contribution in [0.5, 0.6) is 11.5 Å². The van der Waals surface area contributed by atoms with Crippen LogP contribution in [0.1, 0.15) is 39.0 Å². The Bertz CT molecular complexity index is 738. The lowest BCUT2D eigenvalue weighted by atomic mass is 9.94. The van der Waals surface area contributed by atoms with E-state index >= 15 is 0 Å². The lowest BCUT2D eigenvalue weighted by Crippen LogP contribution is -2.40. The summed E-state index contributed by atoms with van der Waals surface area (Å²) in [4.78, 5) is 24.4. The van der Waals surface area contributed by atoms with E-state index in [-0.39, 0.29) is 6.61 Å². The maximum atomic E-state index is 12.4. The number of benzene rings is 1. The van der Waals surface area contributed by atoms with E-state index in [0.717, 1.165) is 25.7 Å². The molecule has 3 aliphatic rings. The molecule has 152 valence electrons. The lowest BCUT2D eigenvalue weighted by Gasteiger charge is -2.31. The zero-order chi connectivity index (χ0) is 19.6. The van der Waals surface area contributed by atoms with E-state index in [9.17, 15) is 9.59 Å². The van der Waals surface area contributed by atoms with Gasteiger partial charge in [-0.2, -0.15) is 0 Å². The average molecular weight is 391 g/mol. The van der Waals surface area contributed by atoms with Crippen molar-refractivity contribution < 1.29 is 33.3 Å². The number of carbonyl (C=O) groups is 2. The van der Waals surface area contributed by atoms with Gasteiger partial charge in [0.1, 0.15) is 0 Å². The number of anilines is 1. The first-order valence-electron chi connectivity index (χ1n) is 9.77. The highest BCUT2D eigenvalue weighted by Crippen LogP contribution is 2.46. The minimum Gasteiger partial charge on any atom is -0.451 e. The maximum Gasteiger partial charge on any atom is 0.338 e. The molecule has 0 unspecified atom stereocenters. The second kappa shape index (κ2) is 7.97. The Kier molecular flexibility index (Phi) is 5.41. The first kappa shape index (κ1) is 19.0. The molecule has 1 N–H and O–H groups in total. The van der Waals surface area contributed by atoms with Gasteiger partial charge in [0.15, 0.2) is 23.7 Å². The quantitative estimate of drug-likeness (QED) is 0.788. The molecule has 2 aliphatic heterocycles. The van der Waals surface area contributed by atoms with Gasteiger partial charge < -0.3 is 29.0 Å². The van der Waals surface area contributed by atoms with Crippen molar-refractivity contribution in [2.75, 3.05) is 25.1 Å². The molecule has 1 amide bonds. The molecule has 4 rings (SSSR count). The van der Waals surface area contributed by atoms with Crippen LogP contribution < -0.4 is 14.8 Å². The molecule has 0 radical (unpaired) electrons. The molecule has 2 heterocycles. The molecular formula is C20H25NO7. The summed E-state index contributed by atoms with van der Waals surface area (Å²) in [6, 6.07) is 5.27. The van der Waals surface area contributed by atoms with Gasteiger partial charge in [0.25, 0.3) is 11.7 Å². The number of hydrogen-bond acceptors (Lipinski definition) is 7. The Hall–Kier alpha value is -2.32. The Morgan fingerprint density at radius 2 is 1.93 bits per heavy atom. The van der Waals surface area contributed by atoms with Crippen molar-refractivity contribution in [1.82, 2.24) is 0 Å². The van der Waals surface area contributed by atoms with Gasteiger partial charge >= 0.3 is 5.97 Å². The molecule has 2 atom stereocenters. The highest BCUT2D eigenvalue weighted by atomic mass is 16.7. The molecule has 1 aromatic rings. The van der Waals surface area contributed by atoms with E-state index in [1.807, 2.05) is 0 Å². The predicted octanol–water partition coefficient (Wildman–Crippen LogP) is 2.40. The van der Waals surface area contributed by atoms with E-state index in [4.69, 9.17) is 23.7 Å². The van der Waals surface area contributed by atoms with E-state index in [2.05, 4.69) is 5.32 Å². The minimum absolute atomic E-state index is 0.136. The SMILES string of the molecule is C[C@H](OC(=O)[C@H]1COCCO1)C(=O)Nc1ccc2c(c1)OC1(CCCCC1)O2. The predicted molar refractivity (Wildman–Crippen MR) is 98.3 cm³/mol. The highest BCUT2D eigenvalue weighted by Gasteiger charge is 2.42. The van der Waals surface area contributed by atoms with Gasteiger partial charge in [-0.15, -0.1) is 0 Å². The number of rotatable bonds is 4. The molecule has 0 bridgehead atoms. The minimum atomic E-state index is -0.965. The molecule has 8 heteroatoms. The third-order valence-electron chi connectivity index (χ3n) is 5.16. The van der Waals surface area contributed by atoms with E-state index in [1.54, 1.807) is 18.2 Å². The molecule has 1 saturated heterocycles. The fourth-order valence-corrected chi connectivity index (χ4v) is 3.64. The number of nitrogens with one attached hydrogen (secondary N) is 1. The fourth-order valence-electron chi connectivity index (χ4n) is 3.64. The molecule has 1 aromatic carbocycles. The van der Waals surface area contributed by atoms with E-state index < -0.39 is 29.9 Å². The number of ether oxygens (including phenoxy) is 5. The summed E-state index contributed by atoms with van der Waals surface area (Å²) in [5.74, 6) is -0.289. The number of amides is 1. The van der Waals surface area contributed by atoms with Gasteiger partial charge in [0.2, 0.25) is 0 Å². The summed E-state index contributed by atoms with van der Waals surface area (Å²) < 4.78 is 27.8. The van der Waals surface area contributed by atoms with Gasteiger partial charge in [0.05, 0.1) is 19.8 Å². The first-order valence-corrected chi connectivity index (χ1v) is 9.77. The van der Waals surface area contributed by atoms with Gasteiger partial charge in [-0.1, -0.05) is 6.42 Å². The van der Waals surface area contributed by atoms with Crippen molar-refractivity contribution in [3.63, 3.8) is 0 Å². The molecule has 2 fully saturated rings. The van der Waals surface area contributed by atoms with Gasteiger partial charge in [-0.25, -0.2) is 4.79 Å². The van der Waals surface area contributed by atoms with Gasteiger partial charge in [-0.05, 0) is 31.9 Å². The molecule has 1 saturated carbocycles. The van der Waals surface area contributed by atoms with Crippen LogP contribution in [0, 0.1) is 0 Å². The third kappa shape index (κ3) is 4.07. The Morgan fingerprint density at radius 3 is 2.68 bits per heavy atom. The fraction of sp³-hybridized carbons (Fsp3) is 0.600. The summed E-state index contributed by atoms with van der Waals surface area (Å²) in [7, 11) is 0. The molecule has 8 nitrogen and oxygen atoms in total. The van der Waals surface area contributed by atoms with Crippen molar-refractivity contribution in [1.29, 1.82) is 0 Å². The molecule has 0 aromatic heterocycles. The van der Waals surface area contributed by atoms with Crippen LogP contribution in [0.25, 0.3) is 0 Å². The standard InChI is InChI=1S/C20H25NO7/c1-13(26-19(23)17-12-24-9-10-25-17)18(22)21-14-5-6-15-16(11-14)28-20(27-15)7-3-2-4-8-20/h5-6,11,13,17H,2-4,7-10,12H2,1H3,(H,21,22)/t13-,17+/m0/s1. The van der Waals surface area contributed by atoms with E-state index in [0.29, 0.717) is 30.4 Å². The monoisotopic (exact) mass is 391 g/mol. The summed E-state index contributed by atoms with van der Waals surface area (Å²) in [5.41, 5.74) is 0.556. The number of esters is 1. The summed E-state index contributed by atoms with van der Waals surface area (Å²) in [6.45, 7) is 2.43.